The molecule has 18 heavy (non-hydrogen) atoms. The molecule has 98 valence electrons. The van der Waals surface area contributed by atoms with Crippen LogP contribution in [-0.4, -0.2) is 36.9 Å². The summed E-state index contributed by atoms with van der Waals surface area (Å²) in [5, 5.41) is 14.5. The fourth-order valence-electron chi connectivity index (χ4n) is 1.15. The first-order valence-corrected chi connectivity index (χ1v) is 5.47. The number of halogens is 1. The molecule has 3 N–H and O–H groups in total. The third-order valence-corrected chi connectivity index (χ3v) is 2.25. The highest BCUT2D eigenvalue weighted by atomic mass is 35.5. The van der Waals surface area contributed by atoms with Gasteiger partial charge in [-0.25, -0.2) is 9.59 Å². The standard InChI is InChI=1S/C11H13ClN2O4/c1-18-10(16)9(15)6-13-11(17)14-8-4-2-3-7(12)5-8/h2-5,9,15H,6H2,1H3,(H2,13,14,17). The van der Waals surface area contributed by atoms with Crippen LogP contribution in [-0.2, 0) is 9.53 Å². The minimum absolute atomic E-state index is 0.237. The number of nitrogens with one attached hydrogen (secondary N) is 2. The van der Waals surface area contributed by atoms with Gasteiger partial charge in [-0.2, -0.15) is 0 Å². The summed E-state index contributed by atoms with van der Waals surface area (Å²) in [6.45, 7) is -0.237. The molecule has 0 fully saturated rings. The summed E-state index contributed by atoms with van der Waals surface area (Å²) in [5.41, 5.74) is 0.507. The Morgan fingerprint density at radius 3 is 2.83 bits per heavy atom. The van der Waals surface area contributed by atoms with Crippen LogP contribution in [0.3, 0.4) is 0 Å². The van der Waals surface area contributed by atoms with Gasteiger partial charge in [0.05, 0.1) is 13.7 Å². The van der Waals surface area contributed by atoms with Crippen molar-refractivity contribution in [2.45, 2.75) is 6.10 Å². The number of ether oxygens (including phenoxy) is 1. The highest BCUT2D eigenvalue weighted by Gasteiger charge is 2.15. The van der Waals surface area contributed by atoms with Crippen LogP contribution in [0.4, 0.5) is 10.5 Å². The molecule has 0 saturated carbocycles. The zero-order valence-corrected chi connectivity index (χ0v) is 10.4. The highest BCUT2D eigenvalue weighted by Crippen LogP contribution is 2.14. The lowest BCUT2D eigenvalue weighted by atomic mass is 10.3. The minimum atomic E-state index is -1.39. The minimum Gasteiger partial charge on any atom is -0.467 e. The van der Waals surface area contributed by atoms with E-state index in [4.69, 9.17) is 11.6 Å². The number of amides is 2. The van der Waals surface area contributed by atoms with Gasteiger partial charge in [-0.05, 0) is 18.2 Å². The van der Waals surface area contributed by atoms with Crippen LogP contribution >= 0.6 is 11.6 Å². The molecule has 0 aliphatic carbocycles. The van der Waals surface area contributed by atoms with Crippen molar-refractivity contribution in [2.24, 2.45) is 0 Å². The smallest absolute Gasteiger partial charge is 0.336 e. The van der Waals surface area contributed by atoms with Gasteiger partial charge in [0.1, 0.15) is 0 Å². The summed E-state index contributed by atoms with van der Waals surface area (Å²) in [7, 11) is 1.15. The molecule has 1 aromatic rings. The topological polar surface area (TPSA) is 87.7 Å². The first-order chi connectivity index (χ1) is 8.52. The van der Waals surface area contributed by atoms with E-state index in [-0.39, 0.29) is 6.54 Å². The third kappa shape index (κ3) is 4.60. The van der Waals surface area contributed by atoms with E-state index in [0.717, 1.165) is 7.11 Å². The van der Waals surface area contributed by atoms with E-state index in [0.29, 0.717) is 10.7 Å². The number of urea groups is 1. The number of rotatable bonds is 4. The van der Waals surface area contributed by atoms with Gasteiger partial charge in [-0.15, -0.1) is 0 Å². The number of carbonyl (C=O) groups excluding carboxylic acids is 2. The molecule has 0 heterocycles. The number of benzene rings is 1. The van der Waals surface area contributed by atoms with Crippen molar-refractivity contribution >= 4 is 29.3 Å². The molecular formula is C11H13ClN2O4. The highest BCUT2D eigenvalue weighted by molar-refractivity contribution is 6.30. The summed E-state index contributed by atoms with van der Waals surface area (Å²) in [6.07, 6.45) is -1.39. The zero-order chi connectivity index (χ0) is 13.5. The summed E-state index contributed by atoms with van der Waals surface area (Å²) >= 11 is 5.74. The van der Waals surface area contributed by atoms with E-state index in [2.05, 4.69) is 15.4 Å². The summed E-state index contributed by atoms with van der Waals surface area (Å²) in [4.78, 5) is 22.3. The molecule has 1 rings (SSSR count). The van der Waals surface area contributed by atoms with Gasteiger partial charge in [0.15, 0.2) is 6.10 Å². The van der Waals surface area contributed by atoms with E-state index < -0.39 is 18.1 Å². The molecular weight excluding hydrogens is 260 g/mol. The summed E-state index contributed by atoms with van der Waals surface area (Å²) in [6, 6.07) is 6.02. The number of aliphatic hydroxyl groups excluding tert-OH is 1. The molecule has 0 aliphatic heterocycles. The Kier molecular flexibility index (Phi) is 5.41. The Morgan fingerprint density at radius 2 is 2.22 bits per heavy atom. The van der Waals surface area contributed by atoms with E-state index in [1.54, 1.807) is 24.3 Å². The molecule has 0 radical (unpaired) electrons. The fourth-order valence-corrected chi connectivity index (χ4v) is 1.34. The Bertz CT molecular complexity index is 439. The molecule has 1 unspecified atom stereocenters. The van der Waals surface area contributed by atoms with Gasteiger partial charge >= 0.3 is 12.0 Å². The SMILES string of the molecule is COC(=O)C(O)CNC(=O)Nc1cccc(Cl)c1. The lowest BCUT2D eigenvalue weighted by Gasteiger charge is -2.10. The van der Waals surface area contributed by atoms with Gasteiger partial charge < -0.3 is 20.5 Å². The first-order valence-electron chi connectivity index (χ1n) is 5.09. The van der Waals surface area contributed by atoms with E-state index in [1.165, 1.54) is 0 Å². The number of anilines is 1. The third-order valence-electron chi connectivity index (χ3n) is 2.01. The molecule has 0 bridgehead atoms. The number of hydrogen-bond acceptors (Lipinski definition) is 4. The largest absolute Gasteiger partial charge is 0.467 e. The lowest BCUT2D eigenvalue weighted by Crippen LogP contribution is -2.39. The van der Waals surface area contributed by atoms with Crippen LogP contribution in [0.25, 0.3) is 0 Å². The van der Waals surface area contributed by atoms with Crippen LogP contribution in [0, 0.1) is 0 Å². The van der Waals surface area contributed by atoms with Gasteiger partial charge in [0.2, 0.25) is 0 Å². The predicted octanol–water partition coefficient (Wildman–Crippen LogP) is 0.995. The fraction of sp³-hybridized carbons (Fsp3) is 0.273. The van der Waals surface area contributed by atoms with Gasteiger partial charge in [0.25, 0.3) is 0 Å². The maximum Gasteiger partial charge on any atom is 0.336 e. The van der Waals surface area contributed by atoms with Crippen LogP contribution in [0.5, 0.6) is 0 Å². The van der Waals surface area contributed by atoms with E-state index >= 15 is 0 Å². The second-order valence-corrected chi connectivity index (χ2v) is 3.82. The molecule has 1 aromatic carbocycles. The number of aliphatic hydroxyl groups is 1. The van der Waals surface area contributed by atoms with Crippen molar-refractivity contribution in [1.29, 1.82) is 0 Å². The molecule has 1 atom stereocenters. The molecule has 0 spiro atoms. The quantitative estimate of drug-likeness (QED) is 0.714. The van der Waals surface area contributed by atoms with Crippen molar-refractivity contribution in [1.82, 2.24) is 5.32 Å². The number of carbonyl (C=O) groups is 2. The van der Waals surface area contributed by atoms with E-state index in [1.807, 2.05) is 0 Å². The summed E-state index contributed by atoms with van der Waals surface area (Å²) < 4.78 is 4.30. The number of hydrogen-bond donors (Lipinski definition) is 3. The van der Waals surface area contributed by atoms with Gasteiger partial charge in [-0.1, -0.05) is 17.7 Å². The van der Waals surface area contributed by atoms with Crippen LogP contribution < -0.4 is 10.6 Å². The van der Waals surface area contributed by atoms with Gasteiger partial charge in [0, 0.05) is 10.7 Å². The molecule has 6 nitrogen and oxygen atoms in total. The van der Waals surface area contributed by atoms with Crippen molar-refractivity contribution in [3.8, 4) is 0 Å². The maximum absolute atomic E-state index is 11.4. The number of methoxy groups -OCH3 is 1. The maximum atomic E-state index is 11.4. The second kappa shape index (κ2) is 6.83. The number of esters is 1. The molecule has 0 aliphatic rings. The Morgan fingerprint density at radius 1 is 1.50 bits per heavy atom. The molecule has 0 saturated heterocycles. The Balaban J connectivity index is 2.41. The second-order valence-electron chi connectivity index (χ2n) is 3.38. The molecule has 0 aromatic heterocycles. The molecule has 2 amide bonds. The molecule has 7 heteroatoms. The lowest BCUT2D eigenvalue weighted by molar-refractivity contribution is -0.149. The van der Waals surface area contributed by atoms with Crippen LogP contribution in [0.15, 0.2) is 24.3 Å². The average molecular weight is 273 g/mol. The average Bonchev–Trinajstić information content (AvgIpc) is 2.35. The summed E-state index contributed by atoms with van der Waals surface area (Å²) in [5.74, 6) is -0.807. The van der Waals surface area contributed by atoms with Crippen molar-refractivity contribution in [2.75, 3.05) is 19.0 Å². The van der Waals surface area contributed by atoms with E-state index in [9.17, 15) is 14.7 Å². The predicted molar refractivity (Wildman–Crippen MR) is 66.5 cm³/mol. The normalized spacial score (nSPS) is 11.5. The van der Waals surface area contributed by atoms with Crippen molar-refractivity contribution < 1.29 is 19.4 Å². The van der Waals surface area contributed by atoms with Crippen molar-refractivity contribution in [3.63, 3.8) is 0 Å². The first kappa shape index (κ1) is 14.3. The monoisotopic (exact) mass is 272 g/mol. The zero-order valence-electron chi connectivity index (χ0n) is 9.64. The Hall–Kier alpha value is -1.79. The van der Waals surface area contributed by atoms with Crippen LogP contribution in [0.2, 0.25) is 5.02 Å². The van der Waals surface area contributed by atoms with Crippen molar-refractivity contribution in [3.05, 3.63) is 29.3 Å². The van der Waals surface area contributed by atoms with Gasteiger partial charge in [-0.3, -0.25) is 0 Å². The Labute approximate surface area is 109 Å². The van der Waals surface area contributed by atoms with Crippen LogP contribution in [0.1, 0.15) is 0 Å².